The molecule has 0 spiro atoms. The molecule has 0 radical (unpaired) electrons. The van der Waals surface area contributed by atoms with Gasteiger partial charge in [-0.05, 0) is 49.6 Å². The lowest BCUT2D eigenvalue weighted by molar-refractivity contribution is 0.122. The number of rotatable bonds is 8. The van der Waals surface area contributed by atoms with E-state index in [2.05, 4.69) is 24.1 Å². The summed E-state index contributed by atoms with van der Waals surface area (Å²) < 4.78 is 22.2. The highest BCUT2D eigenvalue weighted by atomic mass is 19.1. The minimum absolute atomic E-state index is 0.230. The molecule has 1 aliphatic rings. The van der Waals surface area contributed by atoms with E-state index < -0.39 is 5.54 Å². The zero-order valence-corrected chi connectivity index (χ0v) is 23.2. The van der Waals surface area contributed by atoms with Gasteiger partial charge in [0.1, 0.15) is 11.6 Å². The fourth-order valence-corrected chi connectivity index (χ4v) is 5.29. The second-order valence-electron chi connectivity index (χ2n) is 10.7. The smallest absolute Gasteiger partial charge is 0.242 e. The quantitative estimate of drug-likeness (QED) is 0.284. The summed E-state index contributed by atoms with van der Waals surface area (Å²) in [5.74, 6) is 1.86. The van der Waals surface area contributed by atoms with Gasteiger partial charge in [-0.2, -0.15) is 15.0 Å². The highest BCUT2D eigenvalue weighted by Gasteiger charge is 2.25. The standard InChI is InChI=1S/C31H33FN8O/c1-31(2,19-21-9-3-4-10-22(21)23-11-5-6-12-24(23)32)38-28-35-29(39-15-17-41-18-16-39)37-30(36-28)40-26-14-8-7-13-25(26)34-27(40)20-33/h3-14H,15-20,33H2,1-2H3,(H,35,36,37,38). The summed E-state index contributed by atoms with van der Waals surface area (Å²) in [5.41, 5.74) is 9.77. The zero-order valence-electron chi connectivity index (χ0n) is 23.2. The molecule has 0 unspecified atom stereocenters. The van der Waals surface area contributed by atoms with Gasteiger partial charge in [-0.15, -0.1) is 0 Å². The van der Waals surface area contributed by atoms with Crippen LogP contribution in [0.5, 0.6) is 0 Å². The number of nitrogens with two attached hydrogens (primary N) is 1. The second-order valence-corrected chi connectivity index (χ2v) is 10.7. The minimum atomic E-state index is -0.490. The van der Waals surface area contributed by atoms with Gasteiger partial charge in [0, 0.05) is 24.2 Å². The molecule has 0 aliphatic carbocycles. The summed E-state index contributed by atoms with van der Waals surface area (Å²) in [7, 11) is 0. The molecule has 5 aromatic rings. The number of aromatic nitrogens is 5. The van der Waals surface area contributed by atoms with Gasteiger partial charge in [0.05, 0.1) is 30.8 Å². The molecular weight excluding hydrogens is 519 g/mol. The Kier molecular flexibility index (Phi) is 7.34. The van der Waals surface area contributed by atoms with Crippen LogP contribution in [0.3, 0.4) is 0 Å². The SMILES string of the molecule is CC(C)(Cc1ccccc1-c1ccccc1F)Nc1nc(N2CCOCC2)nc(-n2c(CN)nc3ccccc32)n1. The van der Waals surface area contributed by atoms with E-state index >= 15 is 0 Å². The Balaban J connectivity index is 1.39. The molecule has 3 aromatic carbocycles. The Morgan fingerprint density at radius 2 is 1.54 bits per heavy atom. The van der Waals surface area contributed by atoms with Crippen molar-refractivity contribution in [2.24, 2.45) is 5.73 Å². The Morgan fingerprint density at radius 3 is 2.32 bits per heavy atom. The van der Waals surface area contributed by atoms with Crippen LogP contribution >= 0.6 is 0 Å². The summed E-state index contributed by atoms with van der Waals surface area (Å²) in [6, 6.07) is 22.6. The van der Waals surface area contributed by atoms with Crippen LogP contribution in [0.4, 0.5) is 16.3 Å². The van der Waals surface area contributed by atoms with Crippen LogP contribution in [-0.4, -0.2) is 56.3 Å². The van der Waals surface area contributed by atoms with Crippen molar-refractivity contribution in [3.63, 3.8) is 0 Å². The van der Waals surface area contributed by atoms with E-state index in [-0.39, 0.29) is 12.4 Å². The van der Waals surface area contributed by atoms with Crippen molar-refractivity contribution in [1.29, 1.82) is 0 Å². The van der Waals surface area contributed by atoms with Crippen molar-refractivity contribution in [3.8, 4) is 17.1 Å². The van der Waals surface area contributed by atoms with Crippen molar-refractivity contribution in [3.05, 3.63) is 90.0 Å². The topological polar surface area (TPSA) is 107 Å². The van der Waals surface area contributed by atoms with E-state index in [0.717, 1.165) is 22.2 Å². The van der Waals surface area contributed by atoms with E-state index in [1.54, 1.807) is 6.07 Å². The molecule has 3 heterocycles. The molecule has 0 saturated carbocycles. The van der Waals surface area contributed by atoms with Gasteiger partial charge in [0.25, 0.3) is 0 Å². The Labute approximate surface area is 238 Å². The van der Waals surface area contributed by atoms with Gasteiger partial charge >= 0.3 is 0 Å². The first kappa shape index (κ1) is 26.8. The molecule has 1 saturated heterocycles. The number of fused-ring (bicyclic) bond motifs is 1. The monoisotopic (exact) mass is 552 g/mol. The molecule has 1 fully saturated rings. The Bertz CT molecular complexity index is 1680. The number of anilines is 2. The first-order chi connectivity index (χ1) is 19.9. The number of hydrogen-bond donors (Lipinski definition) is 2. The first-order valence-corrected chi connectivity index (χ1v) is 13.8. The molecular formula is C31H33FN8O. The van der Waals surface area contributed by atoms with Crippen molar-refractivity contribution in [2.45, 2.75) is 32.4 Å². The molecule has 6 rings (SSSR count). The molecule has 2 aromatic heterocycles. The molecule has 10 heteroatoms. The van der Waals surface area contributed by atoms with Crippen LogP contribution in [0, 0.1) is 5.82 Å². The number of ether oxygens (including phenoxy) is 1. The number of nitrogens with one attached hydrogen (secondary N) is 1. The number of halogens is 1. The Hall–Kier alpha value is -4.41. The molecule has 3 N–H and O–H groups in total. The summed E-state index contributed by atoms with van der Waals surface area (Å²) in [6.07, 6.45) is 0.605. The third-order valence-corrected chi connectivity index (χ3v) is 7.18. The molecule has 0 bridgehead atoms. The average Bonchev–Trinajstić information content (AvgIpc) is 3.36. The van der Waals surface area contributed by atoms with Gasteiger partial charge < -0.3 is 20.7 Å². The van der Waals surface area contributed by atoms with E-state index in [1.165, 1.54) is 6.07 Å². The van der Waals surface area contributed by atoms with E-state index in [1.807, 2.05) is 65.2 Å². The summed E-state index contributed by atoms with van der Waals surface area (Å²) in [5, 5.41) is 3.55. The normalized spacial score (nSPS) is 14.0. The second kappa shape index (κ2) is 11.2. The van der Waals surface area contributed by atoms with Gasteiger partial charge in [0.2, 0.25) is 17.8 Å². The minimum Gasteiger partial charge on any atom is -0.378 e. The average molecular weight is 553 g/mol. The summed E-state index contributed by atoms with van der Waals surface area (Å²) in [6.45, 7) is 6.96. The van der Waals surface area contributed by atoms with E-state index in [0.29, 0.717) is 62.0 Å². The van der Waals surface area contributed by atoms with Crippen LogP contribution in [0.1, 0.15) is 25.2 Å². The zero-order chi connectivity index (χ0) is 28.4. The Morgan fingerprint density at radius 1 is 0.854 bits per heavy atom. The first-order valence-electron chi connectivity index (χ1n) is 13.8. The highest BCUT2D eigenvalue weighted by Crippen LogP contribution is 2.30. The number of para-hydroxylation sites is 2. The van der Waals surface area contributed by atoms with Gasteiger partial charge in [-0.25, -0.2) is 9.37 Å². The van der Waals surface area contributed by atoms with Crippen molar-refractivity contribution in [2.75, 3.05) is 36.5 Å². The van der Waals surface area contributed by atoms with Crippen LogP contribution in [0.15, 0.2) is 72.8 Å². The van der Waals surface area contributed by atoms with E-state index in [9.17, 15) is 4.39 Å². The lowest BCUT2D eigenvalue weighted by atomic mass is 9.89. The van der Waals surface area contributed by atoms with Crippen molar-refractivity contribution < 1.29 is 9.13 Å². The maximum Gasteiger partial charge on any atom is 0.242 e. The fraction of sp³-hybridized carbons (Fsp3) is 0.290. The van der Waals surface area contributed by atoms with Gasteiger partial charge in [0.15, 0.2) is 0 Å². The lowest BCUT2D eigenvalue weighted by Gasteiger charge is -2.30. The van der Waals surface area contributed by atoms with Crippen LogP contribution in [-0.2, 0) is 17.7 Å². The lowest BCUT2D eigenvalue weighted by Crippen LogP contribution is -2.39. The largest absolute Gasteiger partial charge is 0.378 e. The molecule has 0 atom stereocenters. The number of imidazole rings is 1. The predicted molar refractivity (Wildman–Crippen MR) is 159 cm³/mol. The fourth-order valence-electron chi connectivity index (χ4n) is 5.29. The third-order valence-electron chi connectivity index (χ3n) is 7.18. The molecule has 210 valence electrons. The third kappa shape index (κ3) is 5.61. The van der Waals surface area contributed by atoms with Gasteiger partial charge in [-0.1, -0.05) is 54.6 Å². The number of hydrogen-bond acceptors (Lipinski definition) is 8. The van der Waals surface area contributed by atoms with Crippen molar-refractivity contribution in [1.82, 2.24) is 24.5 Å². The number of morpholine rings is 1. The maximum absolute atomic E-state index is 14.7. The summed E-state index contributed by atoms with van der Waals surface area (Å²) >= 11 is 0. The number of nitrogens with zero attached hydrogens (tertiary/aromatic N) is 6. The molecule has 0 amide bonds. The predicted octanol–water partition coefficient (Wildman–Crippen LogP) is 4.75. The number of benzene rings is 3. The molecule has 9 nitrogen and oxygen atoms in total. The van der Waals surface area contributed by atoms with E-state index in [4.69, 9.17) is 30.4 Å². The van der Waals surface area contributed by atoms with Crippen molar-refractivity contribution >= 4 is 22.9 Å². The molecule has 1 aliphatic heterocycles. The van der Waals surface area contributed by atoms with Gasteiger partial charge in [-0.3, -0.25) is 4.57 Å². The van der Waals surface area contributed by atoms with Crippen LogP contribution in [0.2, 0.25) is 0 Å². The maximum atomic E-state index is 14.7. The molecule has 41 heavy (non-hydrogen) atoms. The summed E-state index contributed by atoms with van der Waals surface area (Å²) in [4.78, 5) is 21.4. The highest BCUT2D eigenvalue weighted by molar-refractivity contribution is 5.77. The van der Waals surface area contributed by atoms with Crippen LogP contribution < -0.4 is 16.0 Å². The van der Waals surface area contributed by atoms with Crippen LogP contribution in [0.25, 0.3) is 28.1 Å².